The van der Waals surface area contributed by atoms with Gasteiger partial charge in [0, 0.05) is 37.5 Å². The van der Waals surface area contributed by atoms with Crippen LogP contribution in [0.15, 0.2) is 83.9 Å². The van der Waals surface area contributed by atoms with Gasteiger partial charge in [0.05, 0.1) is 11.1 Å². The van der Waals surface area contributed by atoms with Crippen molar-refractivity contribution in [3.63, 3.8) is 0 Å². The summed E-state index contributed by atoms with van der Waals surface area (Å²) in [7, 11) is 0. The van der Waals surface area contributed by atoms with E-state index in [9.17, 15) is 23.5 Å². The molecule has 39 heavy (non-hydrogen) atoms. The smallest absolute Gasteiger partial charge is 0.274 e. The van der Waals surface area contributed by atoms with E-state index >= 15 is 0 Å². The van der Waals surface area contributed by atoms with Crippen LogP contribution in [-0.2, 0) is 27.5 Å². The van der Waals surface area contributed by atoms with E-state index in [0.717, 1.165) is 24.1 Å². The van der Waals surface area contributed by atoms with E-state index in [4.69, 9.17) is 4.74 Å². The molecule has 0 bridgehead atoms. The Hall–Kier alpha value is -3.98. The molecule has 3 heterocycles. The summed E-state index contributed by atoms with van der Waals surface area (Å²) in [4.78, 5) is 30.6. The fraction of sp³-hybridized carbons (Fsp3) is 0.333. The number of rotatable bonds is 6. The van der Waals surface area contributed by atoms with Gasteiger partial charge in [-0.2, -0.15) is 0 Å². The molecule has 3 atom stereocenters. The van der Waals surface area contributed by atoms with Gasteiger partial charge in [0.2, 0.25) is 0 Å². The molecule has 0 saturated carbocycles. The largest absolute Gasteiger partial charge is 0.488 e. The van der Waals surface area contributed by atoms with E-state index in [2.05, 4.69) is 18.3 Å². The van der Waals surface area contributed by atoms with Crippen molar-refractivity contribution in [1.82, 2.24) is 15.1 Å². The number of carbonyl (C=O) groups excluding carboxylic acids is 2. The van der Waals surface area contributed by atoms with Crippen molar-refractivity contribution in [3.8, 4) is 0 Å². The minimum absolute atomic E-state index is 0.00668. The van der Waals surface area contributed by atoms with Crippen molar-refractivity contribution in [3.05, 3.63) is 107 Å². The molecule has 3 aliphatic heterocycles. The maximum atomic E-state index is 14.1. The van der Waals surface area contributed by atoms with Crippen molar-refractivity contribution in [1.29, 1.82) is 0 Å². The third-order valence-electron chi connectivity index (χ3n) is 7.46. The number of nitrogens with one attached hydrogen (secondary N) is 1. The van der Waals surface area contributed by atoms with Crippen molar-refractivity contribution < 1.29 is 28.2 Å². The van der Waals surface area contributed by atoms with Gasteiger partial charge >= 0.3 is 0 Å². The van der Waals surface area contributed by atoms with E-state index in [1.165, 1.54) is 12.3 Å². The zero-order valence-electron chi connectivity index (χ0n) is 21.9. The Morgan fingerprint density at radius 3 is 2.72 bits per heavy atom. The topological polar surface area (TPSA) is 82.1 Å². The van der Waals surface area contributed by atoms with Crippen LogP contribution in [0, 0.1) is 17.6 Å². The molecule has 5 rings (SSSR count). The highest BCUT2D eigenvalue weighted by Crippen LogP contribution is 2.38. The van der Waals surface area contributed by atoms with Crippen LogP contribution in [0.4, 0.5) is 8.78 Å². The van der Waals surface area contributed by atoms with Gasteiger partial charge < -0.3 is 25.0 Å². The van der Waals surface area contributed by atoms with Crippen LogP contribution in [0.3, 0.4) is 0 Å². The molecular weight excluding hydrogens is 504 g/mol. The number of fused-ring (bicyclic) bond motifs is 2. The second kappa shape index (κ2) is 10.6. The lowest BCUT2D eigenvalue weighted by atomic mass is 9.91. The summed E-state index contributed by atoms with van der Waals surface area (Å²) >= 11 is 0. The lowest BCUT2D eigenvalue weighted by Gasteiger charge is -2.49. The summed E-state index contributed by atoms with van der Waals surface area (Å²) < 4.78 is 33.5. The molecule has 3 aliphatic rings. The number of aliphatic hydroxyl groups is 1. The highest BCUT2D eigenvalue weighted by atomic mass is 19.1. The second-order valence-electron chi connectivity index (χ2n) is 10.5. The third kappa shape index (κ3) is 5.31. The number of benzene rings is 2. The number of aliphatic hydroxyl groups excluding tert-OH is 1. The predicted molar refractivity (Wildman–Crippen MR) is 140 cm³/mol. The normalized spacial score (nSPS) is 24.5. The van der Waals surface area contributed by atoms with Crippen LogP contribution in [0.2, 0.25) is 0 Å². The first-order valence-corrected chi connectivity index (χ1v) is 13.0. The van der Waals surface area contributed by atoms with E-state index in [1.807, 2.05) is 43.3 Å². The van der Waals surface area contributed by atoms with Gasteiger partial charge in [-0.25, -0.2) is 8.78 Å². The number of ether oxygens (including phenoxy) is 1. The van der Waals surface area contributed by atoms with Gasteiger partial charge in [-0.15, -0.1) is 0 Å². The van der Waals surface area contributed by atoms with Crippen LogP contribution in [0.1, 0.15) is 31.4 Å². The molecule has 9 heteroatoms. The molecule has 204 valence electrons. The average molecular weight is 536 g/mol. The zero-order chi connectivity index (χ0) is 27.7. The molecule has 1 saturated heterocycles. The Labute approximate surface area is 226 Å². The molecular formula is C30H31F2N3O4. The van der Waals surface area contributed by atoms with Crippen LogP contribution >= 0.6 is 0 Å². The number of piperazine rings is 1. The van der Waals surface area contributed by atoms with Gasteiger partial charge in [-0.1, -0.05) is 55.5 Å². The zero-order valence-corrected chi connectivity index (χ0v) is 21.9. The van der Waals surface area contributed by atoms with Crippen LogP contribution in [0.5, 0.6) is 0 Å². The Morgan fingerprint density at radius 1 is 1.21 bits per heavy atom. The molecule has 0 aliphatic carbocycles. The molecule has 0 radical (unpaired) electrons. The summed E-state index contributed by atoms with van der Waals surface area (Å²) in [6.07, 6.45) is 4.88. The molecule has 2 aromatic carbocycles. The lowest BCUT2D eigenvalue weighted by molar-refractivity contribution is -0.138. The van der Waals surface area contributed by atoms with Crippen LogP contribution < -0.4 is 5.32 Å². The lowest BCUT2D eigenvalue weighted by Crippen LogP contribution is -2.61. The maximum absolute atomic E-state index is 14.1. The van der Waals surface area contributed by atoms with Crippen molar-refractivity contribution >= 4 is 11.8 Å². The molecule has 7 nitrogen and oxygen atoms in total. The quantitative estimate of drug-likeness (QED) is 0.551. The van der Waals surface area contributed by atoms with Gasteiger partial charge in [-0.05, 0) is 30.9 Å². The molecule has 0 aromatic heterocycles. The SMILES string of the molecule is CC1C=CC2(C)CN3C=C(C(=O)NCc4ccc(F)cc4F)C(O)C(OCc4ccccc4)=C3C(=O)N2CC1. The van der Waals surface area contributed by atoms with Crippen molar-refractivity contribution in [2.75, 3.05) is 13.1 Å². The standard InChI is InChI=1S/C30H31F2N3O4/c1-19-10-12-30(2)18-34-16-23(28(37)33-15-21-8-9-22(31)14-24(21)32)26(36)27(25(34)29(38)35(30)13-11-19)39-17-20-6-4-3-5-7-20/h3-10,12,14,16,19,26,36H,11,13,15,17-18H2,1-2H3,(H,33,37). The predicted octanol–water partition coefficient (Wildman–Crippen LogP) is 3.77. The van der Waals surface area contributed by atoms with Crippen molar-refractivity contribution in [2.45, 2.75) is 45.1 Å². The first-order valence-electron chi connectivity index (χ1n) is 13.0. The monoisotopic (exact) mass is 535 g/mol. The van der Waals surface area contributed by atoms with E-state index in [-0.39, 0.29) is 41.7 Å². The fourth-order valence-corrected chi connectivity index (χ4v) is 5.17. The number of hydrogen-bond donors (Lipinski definition) is 2. The molecule has 0 spiro atoms. The van der Waals surface area contributed by atoms with Crippen molar-refractivity contribution in [2.24, 2.45) is 5.92 Å². The number of halogens is 2. The van der Waals surface area contributed by atoms with E-state index < -0.39 is 29.2 Å². The molecule has 3 unspecified atom stereocenters. The third-order valence-corrected chi connectivity index (χ3v) is 7.46. The number of amides is 2. The average Bonchev–Trinajstić information content (AvgIpc) is 3.06. The molecule has 2 amide bonds. The molecule has 1 fully saturated rings. The Bertz CT molecular complexity index is 1370. The van der Waals surface area contributed by atoms with Gasteiger partial charge in [0.1, 0.15) is 30.0 Å². The molecule has 2 N–H and O–H groups in total. The highest BCUT2D eigenvalue weighted by Gasteiger charge is 2.48. The minimum Gasteiger partial charge on any atom is -0.488 e. The van der Waals surface area contributed by atoms with Gasteiger partial charge in [0.15, 0.2) is 5.76 Å². The summed E-state index contributed by atoms with van der Waals surface area (Å²) in [6.45, 7) is 4.84. The maximum Gasteiger partial charge on any atom is 0.274 e. The Kier molecular flexibility index (Phi) is 7.27. The fourth-order valence-electron chi connectivity index (χ4n) is 5.17. The van der Waals surface area contributed by atoms with Gasteiger partial charge in [-0.3, -0.25) is 9.59 Å². The Morgan fingerprint density at radius 2 is 1.97 bits per heavy atom. The van der Waals surface area contributed by atoms with Gasteiger partial charge in [0.25, 0.3) is 11.8 Å². The second-order valence-corrected chi connectivity index (χ2v) is 10.5. The number of carbonyl (C=O) groups is 2. The minimum atomic E-state index is -1.52. The molecule has 2 aromatic rings. The van der Waals surface area contributed by atoms with E-state index in [0.29, 0.717) is 19.0 Å². The summed E-state index contributed by atoms with van der Waals surface area (Å²) in [6, 6.07) is 12.4. The number of hydrogen-bond acceptors (Lipinski definition) is 5. The van der Waals surface area contributed by atoms with Crippen LogP contribution in [-0.4, -0.2) is 51.5 Å². The number of allylic oxidation sites excluding steroid dienone is 1. The summed E-state index contributed by atoms with van der Waals surface area (Å²) in [5.41, 5.74) is 0.450. The van der Waals surface area contributed by atoms with E-state index in [1.54, 1.807) is 9.80 Å². The first kappa shape index (κ1) is 26.6. The summed E-state index contributed by atoms with van der Waals surface area (Å²) in [5, 5.41) is 13.9. The van der Waals surface area contributed by atoms with Crippen LogP contribution in [0.25, 0.3) is 0 Å². The first-order chi connectivity index (χ1) is 18.7. The Balaban J connectivity index is 1.46. The highest BCUT2D eigenvalue weighted by molar-refractivity contribution is 6.00. The number of nitrogens with zero attached hydrogens (tertiary/aromatic N) is 2. The summed E-state index contributed by atoms with van der Waals surface area (Å²) in [5.74, 6) is -2.15.